The van der Waals surface area contributed by atoms with Gasteiger partial charge in [0.05, 0.1) is 6.26 Å². The van der Waals surface area contributed by atoms with Crippen molar-refractivity contribution in [3.8, 4) is 22.3 Å². The Morgan fingerprint density at radius 2 is 0.932 bits per heavy atom. The normalized spacial score (nSPS) is 12.1. The van der Waals surface area contributed by atoms with Crippen molar-refractivity contribution in [3.05, 3.63) is 146 Å². The Balaban J connectivity index is 1.38. The highest BCUT2D eigenvalue weighted by Crippen LogP contribution is 2.48. The molecule has 8 aromatic carbocycles. The highest BCUT2D eigenvalue weighted by atomic mass is 16.3. The lowest BCUT2D eigenvalue weighted by Crippen LogP contribution is -1.92. The highest BCUT2D eigenvalue weighted by molar-refractivity contribution is 6.28. The fourth-order valence-corrected chi connectivity index (χ4v) is 7.51. The van der Waals surface area contributed by atoms with E-state index in [1.165, 1.54) is 59.8 Å². The van der Waals surface area contributed by atoms with Gasteiger partial charge in [-0.25, -0.2) is 0 Å². The van der Waals surface area contributed by atoms with E-state index in [1.807, 2.05) is 18.2 Å². The summed E-state index contributed by atoms with van der Waals surface area (Å²) in [6, 6.07) is 50.2. The molecule has 2 heteroatoms. The van der Waals surface area contributed by atoms with Gasteiger partial charge in [0.15, 0.2) is 0 Å². The number of hydrogen-bond donors (Lipinski definition) is 0. The molecule has 0 amide bonds. The van der Waals surface area contributed by atoms with Gasteiger partial charge in [0, 0.05) is 27.3 Å². The summed E-state index contributed by atoms with van der Waals surface area (Å²) in [6.07, 6.45) is 1.75. The second-order valence-corrected chi connectivity index (χ2v) is 11.6. The third-order valence-electron chi connectivity index (χ3n) is 9.33. The largest absolute Gasteiger partial charge is 0.464 e. The predicted molar refractivity (Wildman–Crippen MR) is 184 cm³/mol. The summed E-state index contributed by atoms with van der Waals surface area (Å²) in [5, 5.41) is 13.2. The van der Waals surface area contributed by atoms with Crippen LogP contribution in [-0.4, -0.2) is 0 Å². The van der Waals surface area contributed by atoms with Crippen molar-refractivity contribution in [2.24, 2.45) is 0 Å². The molecule has 0 aliphatic rings. The number of rotatable bonds is 2. The number of para-hydroxylation sites is 1. The summed E-state index contributed by atoms with van der Waals surface area (Å²) in [5.74, 6) is 0. The maximum Gasteiger partial charge on any atom is 0.143 e. The Morgan fingerprint density at radius 3 is 1.66 bits per heavy atom. The molecule has 2 aromatic heterocycles. The van der Waals surface area contributed by atoms with Gasteiger partial charge >= 0.3 is 0 Å². The van der Waals surface area contributed by atoms with E-state index < -0.39 is 0 Å². The van der Waals surface area contributed by atoms with Crippen LogP contribution in [0.15, 0.2) is 155 Å². The van der Waals surface area contributed by atoms with Crippen molar-refractivity contribution in [1.29, 1.82) is 0 Å². The minimum Gasteiger partial charge on any atom is -0.464 e. The van der Waals surface area contributed by atoms with E-state index in [0.29, 0.717) is 0 Å². The molecular weight excluding hydrogens is 536 g/mol. The van der Waals surface area contributed by atoms with Crippen LogP contribution in [0.4, 0.5) is 0 Å². The van der Waals surface area contributed by atoms with Gasteiger partial charge in [0.1, 0.15) is 16.7 Å². The van der Waals surface area contributed by atoms with Gasteiger partial charge in [0.25, 0.3) is 0 Å². The molecule has 0 aliphatic carbocycles. The van der Waals surface area contributed by atoms with E-state index in [9.17, 15) is 0 Å². The average molecular weight is 561 g/mol. The van der Waals surface area contributed by atoms with Crippen molar-refractivity contribution in [1.82, 2.24) is 0 Å². The van der Waals surface area contributed by atoms with Gasteiger partial charge < -0.3 is 8.83 Å². The molecule has 0 unspecified atom stereocenters. The number of hydrogen-bond acceptors (Lipinski definition) is 2. The quantitative estimate of drug-likeness (QED) is 0.155. The first-order chi connectivity index (χ1) is 21.8. The summed E-state index contributed by atoms with van der Waals surface area (Å²) in [5.41, 5.74) is 7.44. The van der Waals surface area contributed by atoms with Gasteiger partial charge in [-0.15, -0.1) is 0 Å². The summed E-state index contributed by atoms with van der Waals surface area (Å²) in [6.45, 7) is 0. The Labute approximate surface area is 252 Å². The van der Waals surface area contributed by atoms with Gasteiger partial charge in [-0.1, -0.05) is 115 Å². The maximum absolute atomic E-state index is 6.69. The second kappa shape index (κ2) is 8.82. The molecule has 0 saturated heterocycles. The van der Waals surface area contributed by atoms with E-state index in [4.69, 9.17) is 8.83 Å². The molecule has 2 heterocycles. The minimum atomic E-state index is 0.869. The molecule has 0 bridgehead atoms. The lowest BCUT2D eigenvalue weighted by Gasteiger charge is -2.19. The molecule has 0 aliphatic heterocycles. The maximum atomic E-state index is 6.69. The second-order valence-electron chi connectivity index (χ2n) is 11.6. The SMILES string of the molecule is c1ccc2c(c1)cc(-c1c3ccccc3c(-c3cccc4c3oc3ccc5occc5c34)c3ccccc13)c1ccccc12. The number of furan rings is 2. The van der Waals surface area contributed by atoms with E-state index >= 15 is 0 Å². The van der Waals surface area contributed by atoms with Crippen molar-refractivity contribution in [2.45, 2.75) is 0 Å². The van der Waals surface area contributed by atoms with Crippen LogP contribution in [0.5, 0.6) is 0 Å². The molecule has 204 valence electrons. The van der Waals surface area contributed by atoms with Crippen LogP contribution < -0.4 is 0 Å². The molecule has 44 heavy (non-hydrogen) atoms. The fourth-order valence-electron chi connectivity index (χ4n) is 7.51. The van der Waals surface area contributed by atoms with Crippen LogP contribution in [0.3, 0.4) is 0 Å². The number of fused-ring (bicyclic) bond motifs is 10. The zero-order chi connectivity index (χ0) is 28.8. The lowest BCUT2D eigenvalue weighted by atomic mass is 9.83. The van der Waals surface area contributed by atoms with Crippen molar-refractivity contribution >= 4 is 76.0 Å². The van der Waals surface area contributed by atoms with Gasteiger partial charge in [0.2, 0.25) is 0 Å². The van der Waals surface area contributed by atoms with Crippen LogP contribution >= 0.6 is 0 Å². The van der Waals surface area contributed by atoms with Crippen molar-refractivity contribution in [3.63, 3.8) is 0 Å². The third kappa shape index (κ3) is 3.14. The topological polar surface area (TPSA) is 26.3 Å². The molecule has 0 saturated carbocycles. The van der Waals surface area contributed by atoms with E-state index in [2.05, 4.69) is 121 Å². The van der Waals surface area contributed by atoms with Crippen LogP contribution in [0.25, 0.3) is 98.3 Å². The summed E-state index contributed by atoms with van der Waals surface area (Å²) >= 11 is 0. The number of benzene rings is 8. The molecule has 10 rings (SSSR count). The van der Waals surface area contributed by atoms with Crippen molar-refractivity contribution < 1.29 is 8.83 Å². The fraction of sp³-hybridized carbons (Fsp3) is 0. The summed E-state index contributed by atoms with van der Waals surface area (Å²) in [7, 11) is 0. The minimum absolute atomic E-state index is 0.869. The predicted octanol–water partition coefficient (Wildman–Crippen LogP) is 12.3. The zero-order valence-corrected chi connectivity index (χ0v) is 23.7. The van der Waals surface area contributed by atoms with E-state index in [0.717, 1.165) is 38.5 Å². The van der Waals surface area contributed by atoms with Crippen LogP contribution in [0, 0.1) is 0 Å². The molecule has 2 nitrogen and oxygen atoms in total. The van der Waals surface area contributed by atoms with Crippen LogP contribution in [0.2, 0.25) is 0 Å². The first-order valence-electron chi connectivity index (χ1n) is 15.0. The molecule has 0 spiro atoms. The monoisotopic (exact) mass is 560 g/mol. The highest BCUT2D eigenvalue weighted by Gasteiger charge is 2.22. The Hall–Kier alpha value is -5.86. The Kier molecular flexibility index (Phi) is 4.75. The van der Waals surface area contributed by atoms with Crippen LogP contribution in [0.1, 0.15) is 0 Å². The molecule has 0 fully saturated rings. The molecule has 0 atom stereocenters. The van der Waals surface area contributed by atoms with Crippen LogP contribution in [-0.2, 0) is 0 Å². The van der Waals surface area contributed by atoms with Gasteiger partial charge in [-0.2, -0.15) is 0 Å². The molecule has 10 aromatic rings. The first kappa shape index (κ1) is 23.7. The van der Waals surface area contributed by atoms with Gasteiger partial charge in [-0.05, 0) is 78.5 Å². The third-order valence-corrected chi connectivity index (χ3v) is 9.33. The first-order valence-corrected chi connectivity index (χ1v) is 15.0. The Bertz CT molecular complexity index is 2720. The summed E-state index contributed by atoms with van der Waals surface area (Å²) in [4.78, 5) is 0. The van der Waals surface area contributed by atoms with Crippen molar-refractivity contribution in [2.75, 3.05) is 0 Å². The summed E-state index contributed by atoms with van der Waals surface area (Å²) < 4.78 is 12.4. The van der Waals surface area contributed by atoms with E-state index in [-0.39, 0.29) is 0 Å². The van der Waals surface area contributed by atoms with Gasteiger partial charge in [-0.3, -0.25) is 0 Å². The van der Waals surface area contributed by atoms with E-state index in [1.54, 1.807) is 6.26 Å². The average Bonchev–Trinajstić information content (AvgIpc) is 3.72. The smallest absolute Gasteiger partial charge is 0.143 e. The standard InChI is InChI=1S/C42H24O2/c1-2-11-26-25(10-1)24-36(28-13-4-3-12-27(26)28)40-31-16-7-5-14-29(31)39(30-15-6-8-17-32(30)40)34-18-9-19-35-41-33-22-23-43-37(33)20-21-38(41)44-42(34)35/h1-24H. The molecule has 0 radical (unpaired) electrons. The molecular formula is C42H24O2. The molecule has 0 N–H and O–H groups in total. The Morgan fingerprint density at radius 1 is 0.364 bits per heavy atom. The zero-order valence-electron chi connectivity index (χ0n) is 23.7. The lowest BCUT2D eigenvalue weighted by molar-refractivity contribution is 0.615.